The molecule has 1 rings (SSSR count). The van der Waals surface area contributed by atoms with Gasteiger partial charge in [0.1, 0.15) is 12.6 Å². The number of Topliss-reactive ketones (excluding diaryl/α,β-unsaturated/α-hetero) is 1. The Balaban J connectivity index is 2.41. The summed E-state index contributed by atoms with van der Waals surface area (Å²) in [6, 6.07) is 7.08. The number of aryl methyl sites for hydroxylation is 1. The minimum atomic E-state index is -1.03. The summed E-state index contributed by atoms with van der Waals surface area (Å²) in [7, 11) is 0. The summed E-state index contributed by atoms with van der Waals surface area (Å²) in [5.41, 5.74) is 5.71. The standard InChI is InChI=1S/C30H51IN4O5/c1-7-15-30(6,22(3)4)34-16-17-39-18-19-40-21-26(36)29(5,8-2)35-25(28(32)38)20-33-27(37)14-11-23-9-12-24(31)13-10-23/h9-10,12-13,22,25,34-35H,7-8,11,14-21H2,1-6H3,(H2,32,38)(H,33,37). The summed E-state index contributed by atoms with van der Waals surface area (Å²) in [5, 5.41) is 9.42. The fourth-order valence-corrected chi connectivity index (χ4v) is 4.61. The van der Waals surface area contributed by atoms with E-state index in [9.17, 15) is 14.4 Å². The third-order valence-corrected chi connectivity index (χ3v) is 8.36. The molecule has 3 unspecified atom stereocenters. The molecule has 0 radical (unpaired) electrons. The van der Waals surface area contributed by atoms with Crippen LogP contribution in [0.3, 0.4) is 0 Å². The molecule has 0 aliphatic rings. The van der Waals surface area contributed by atoms with Crippen molar-refractivity contribution in [2.24, 2.45) is 11.7 Å². The maximum absolute atomic E-state index is 13.0. The molecule has 228 valence electrons. The van der Waals surface area contributed by atoms with Crippen LogP contribution in [0.4, 0.5) is 0 Å². The smallest absolute Gasteiger partial charge is 0.236 e. The van der Waals surface area contributed by atoms with E-state index in [-0.39, 0.29) is 43.4 Å². The molecular formula is C30H51IN4O5. The predicted octanol–water partition coefficient (Wildman–Crippen LogP) is 3.36. The van der Waals surface area contributed by atoms with Crippen LogP contribution in [0.5, 0.6) is 0 Å². The number of primary amides is 1. The maximum Gasteiger partial charge on any atom is 0.236 e. The summed E-state index contributed by atoms with van der Waals surface area (Å²) < 4.78 is 12.4. The number of carbonyl (C=O) groups is 3. The SMILES string of the molecule is CCCC(C)(NCCOCCOCC(=O)C(C)(CC)NC(CNC(=O)CCc1ccc(I)cc1)C(N)=O)C(C)C. The van der Waals surface area contributed by atoms with Crippen LogP contribution >= 0.6 is 22.6 Å². The highest BCUT2D eigenvalue weighted by atomic mass is 127. The van der Waals surface area contributed by atoms with Gasteiger partial charge in [0.05, 0.1) is 25.4 Å². The first-order valence-electron chi connectivity index (χ1n) is 14.4. The summed E-state index contributed by atoms with van der Waals surface area (Å²) in [6.45, 7) is 14.3. The molecule has 0 aliphatic heterocycles. The number of nitrogens with two attached hydrogens (primary N) is 1. The predicted molar refractivity (Wildman–Crippen MR) is 168 cm³/mol. The average molecular weight is 675 g/mol. The van der Waals surface area contributed by atoms with Crippen molar-refractivity contribution in [2.75, 3.05) is 39.5 Å². The third-order valence-electron chi connectivity index (χ3n) is 7.64. The molecule has 0 spiro atoms. The number of ketones is 1. The summed E-state index contributed by atoms with van der Waals surface area (Å²) >= 11 is 2.23. The van der Waals surface area contributed by atoms with Gasteiger partial charge in [-0.25, -0.2) is 0 Å². The Kier molecular flexibility index (Phi) is 17.1. The molecule has 2 amide bonds. The first kappa shape index (κ1) is 36.4. The number of benzene rings is 1. The number of hydrogen-bond donors (Lipinski definition) is 4. The van der Waals surface area contributed by atoms with Gasteiger partial charge in [-0.15, -0.1) is 0 Å². The average Bonchev–Trinajstić information content (AvgIpc) is 2.91. The van der Waals surface area contributed by atoms with Crippen molar-refractivity contribution in [3.8, 4) is 0 Å². The van der Waals surface area contributed by atoms with Crippen molar-refractivity contribution >= 4 is 40.2 Å². The van der Waals surface area contributed by atoms with Crippen LogP contribution in [0.1, 0.15) is 72.8 Å². The van der Waals surface area contributed by atoms with Gasteiger partial charge in [0.15, 0.2) is 5.78 Å². The highest BCUT2D eigenvalue weighted by Gasteiger charge is 2.35. The zero-order chi connectivity index (χ0) is 30.2. The Hall–Kier alpha value is -1.60. The Bertz CT molecular complexity index is 914. The number of ether oxygens (including phenoxy) is 2. The number of rotatable bonds is 22. The Morgan fingerprint density at radius 2 is 1.68 bits per heavy atom. The van der Waals surface area contributed by atoms with Gasteiger partial charge in [-0.2, -0.15) is 0 Å². The van der Waals surface area contributed by atoms with Crippen LogP contribution in [0, 0.1) is 9.49 Å². The summed E-state index contributed by atoms with van der Waals surface area (Å²) in [5.74, 6) is -0.493. The van der Waals surface area contributed by atoms with Crippen molar-refractivity contribution in [3.05, 3.63) is 33.4 Å². The molecule has 1 aromatic carbocycles. The Morgan fingerprint density at radius 3 is 2.25 bits per heavy atom. The maximum atomic E-state index is 13.0. The molecule has 0 fully saturated rings. The van der Waals surface area contributed by atoms with Crippen LogP contribution in [-0.4, -0.2) is 74.2 Å². The largest absolute Gasteiger partial charge is 0.378 e. The van der Waals surface area contributed by atoms with Crippen molar-refractivity contribution in [1.29, 1.82) is 0 Å². The lowest BCUT2D eigenvalue weighted by atomic mass is 9.84. The molecule has 9 nitrogen and oxygen atoms in total. The molecule has 0 saturated carbocycles. The zero-order valence-corrected chi connectivity index (χ0v) is 27.4. The van der Waals surface area contributed by atoms with Crippen molar-refractivity contribution in [3.63, 3.8) is 0 Å². The molecule has 0 aromatic heterocycles. The van der Waals surface area contributed by atoms with E-state index in [4.69, 9.17) is 15.2 Å². The molecule has 0 saturated heterocycles. The molecule has 10 heteroatoms. The fourth-order valence-electron chi connectivity index (χ4n) is 4.25. The first-order chi connectivity index (χ1) is 18.9. The van der Waals surface area contributed by atoms with Gasteiger partial charge in [-0.3, -0.25) is 19.7 Å². The van der Waals surface area contributed by atoms with Crippen LogP contribution in [0.15, 0.2) is 24.3 Å². The Labute approximate surface area is 254 Å². The summed E-state index contributed by atoms with van der Waals surface area (Å²) in [4.78, 5) is 37.4. The van der Waals surface area contributed by atoms with Crippen LogP contribution in [0.25, 0.3) is 0 Å². The van der Waals surface area contributed by atoms with E-state index < -0.39 is 17.5 Å². The van der Waals surface area contributed by atoms with Gasteiger partial charge in [-0.05, 0) is 79.3 Å². The van der Waals surface area contributed by atoms with Crippen molar-refractivity contribution in [2.45, 2.75) is 90.8 Å². The monoisotopic (exact) mass is 674 g/mol. The van der Waals surface area contributed by atoms with E-state index in [0.717, 1.165) is 28.5 Å². The van der Waals surface area contributed by atoms with Gasteiger partial charge >= 0.3 is 0 Å². The van der Waals surface area contributed by atoms with E-state index in [1.54, 1.807) is 6.92 Å². The molecule has 40 heavy (non-hydrogen) atoms. The van der Waals surface area contributed by atoms with Gasteiger partial charge in [0.2, 0.25) is 11.8 Å². The van der Waals surface area contributed by atoms with E-state index in [1.807, 2.05) is 31.2 Å². The first-order valence-corrected chi connectivity index (χ1v) is 15.5. The minimum Gasteiger partial charge on any atom is -0.378 e. The molecular weight excluding hydrogens is 623 g/mol. The van der Waals surface area contributed by atoms with E-state index in [1.165, 1.54) is 0 Å². The minimum absolute atomic E-state index is 0.000564. The van der Waals surface area contributed by atoms with E-state index in [0.29, 0.717) is 32.0 Å². The van der Waals surface area contributed by atoms with Gasteiger partial charge < -0.3 is 25.8 Å². The van der Waals surface area contributed by atoms with Gasteiger partial charge in [0.25, 0.3) is 0 Å². The van der Waals surface area contributed by atoms with E-state index in [2.05, 4.69) is 66.2 Å². The number of halogens is 1. The lowest BCUT2D eigenvalue weighted by Gasteiger charge is -2.35. The second-order valence-electron chi connectivity index (χ2n) is 11.1. The number of hydrogen-bond acceptors (Lipinski definition) is 7. The molecule has 0 aliphatic carbocycles. The highest BCUT2D eigenvalue weighted by Crippen LogP contribution is 2.22. The molecule has 0 heterocycles. The van der Waals surface area contributed by atoms with Crippen LogP contribution in [0.2, 0.25) is 0 Å². The van der Waals surface area contributed by atoms with E-state index >= 15 is 0 Å². The second kappa shape index (κ2) is 18.8. The fraction of sp³-hybridized carbons (Fsp3) is 0.700. The molecule has 5 N–H and O–H groups in total. The zero-order valence-electron chi connectivity index (χ0n) is 25.2. The second-order valence-corrected chi connectivity index (χ2v) is 12.3. The lowest BCUT2D eigenvalue weighted by molar-refractivity contribution is -0.131. The number of carbonyl (C=O) groups excluding carboxylic acids is 3. The number of nitrogens with one attached hydrogen (secondary N) is 3. The highest BCUT2D eigenvalue weighted by molar-refractivity contribution is 14.1. The third kappa shape index (κ3) is 13.4. The quantitative estimate of drug-likeness (QED) is 0.110. The molecule has 0 bridgehead atoms. The summed E-state index contributed by atoms with van der Waals surface area (Å²) in [6.07, 6.45) is 3.54. The lowest BCUT2D eigenvalue weighted by Crippen LogP contribution is -2.61. The van der Waals surface area contributed by atoms with Crippen molar-refractivity contribution in [1.82, 2.24) is 16.0 Å². The Morgan fingerprint density at radius 1 is 1.02 bits per heavy atom. The topological polar surface area (TPSA) is 132 Å². The van der Waals surface area contributed by atoms with Gasteiger partial charge in [0, 0.05) is 28.6 Å². The van der Waals surface area contributed by atoms with Crippen LogP contribution in [-0.2, 0) is 30.3 Å². The van der Waals surface area contributed by atoms with Gasteiger partial charge in [-0.1, -0.05) is 46.2 Å². The van der Waals surface area contributed by atoms with Crippen molar-refractivity contribution < 1.29 is 23.9 Å². The normalized spacial score (nSPS) is 15.3. The number of amides is 2. The molecule has 3 atom stereocenters. The molecule has 1 aromatic rings. The van der Waals surface area contributed by atoms with Crippen LogP contribution < -0.4 is 21.7 Å².